The standard InChI is InChI=1S/C14H19BrN2O3S/c1-9-7-17(8-10(2)16-9)14(18)12-6-11(21(3,19)20)4-5-13(12)15/h4-6,9-10,16H,7-8H2,1-3H3/t9-,10-/m1/s1. The van der Waals surface area contributed by atoms with Crippen LogP contribution in [0.2, 0.25) is 0 Å². The Balaban J connectivity index is 2.34. The van der Waals surface area contributed by atoms with E-state index in [0.29, 0.717) is 23.1 Å². The average molecular weight is 375 g/mol. The van der Waals surface area contributed by atoms with E-state index in [4.69, 9.17) is 0 Å². The van der Waals surface area contributed by atoms with Gasteiger partial charge in [0.15, 0.2) is 9.84 Å². The second kappa shape index (κ2) is 6.06. The van der Waals surface area contributed by atoms with Crippen molar-refractivity contribution in [1.29, 1.82) is 0 Å². The minimum Gasteiger partial charge on any atom is -0.336 e. The number of piperazine rings is 1. The highest BCUT2D eigenvalue weighted by atomic mass is 79.9. The summed E-state index contributed by atoms with van der Waals surface area (Å²) in [7, 11) is -3.33. The summed E-state index contributed by atoms with van der Waals surface area (Å²) in [5.41, 5.74) is 0.388. The number of hydrogen-bond acceptors (Lipinski definition) is 4. The fourth-order valence-corrected chi connectivity index (χ4v) is 3.63. The molecule has 0 aromatic heterocycles. The van der Waals surface area contributed by atoms with Gasteiger partial charge in [0, 0.05) is 35.9 Å². The molecule has 7 heteroatoms. The first-order chi connectivity index (χ1) is 9.68. The van der Waals surface area contributed by atoms with Gasteiger partial charge in [0.05, 0.1) is 10.5 Å². The lowest BCUT2D eigenvalue weighted by atomic mass is 10.1. The van der Waals surface area contributed by atoms with Crippen molar-refractivity contribution in [2.75, 3.05) is 19.3 Å². The van der Waals surface area contributed by atoms with Crippen LogP contribution in [0.15, 0.2) is 27.6 Å². The number of nitrogens with zero attached hydrogens (tertiary/aromatic N) is 1. The molecule has 1 aromatic rings. The Morgan fingerprint density at radius 3 is 2.38 bits per heavy atom. The summed E-state index contributed by atoms with van der Waals surface area (Å²) in [6.45, 7) is 5.27. The molecule has 1 aliphatic heterocycles. The number of sulfone groups is 1. The predicted molar refractivity (Wildman–Crippen MR) is 85.2 cm³/mol. The summed E-state index contributed by atoms with van der Waals surface area (Å²) >= 11 is 3.34. The van der Waals surface area contributed by atoms with Crippen LogP contribution in [0.5, 0.6) is 0 Å². The lowest BCUT2D eigenvalue weighted by molar-refractivity contribution is 0.0672. The van der Waals surface area contributed by atoms with E-state index in [0.717, 1.165) is 6.26 Å². The van der Waals surface area contributed by atoms with Gasteiger partial charge in [-0.05, 0) is 48.0 Å². The maximum atomic E-state index is 12.7. The lowest BCUT2D eigenvalue weighted by Gasteiger charge is -2.36. The molecular formula is C14H19BrN2O3S. The zero-order valence-corrected chi connectivity index (χ0v) is 14.7. The van der Waals surface area contributed by atoms with Crippen molar-refractivity contribution in [2.24, 2.45) is 0 Å². The molecule has 21 heavy (non-hydrogen) atoms. The second-order valence-corrected chi connectivity index (χ2v) is 8.46. The highest BCUT2D eigenvalue weighted by molar-refractivity contribution is 9.10. The van der Waals surface area contributed by atoms with Crippen molar-refractivity contribution in [3.8, 4) is 0 Å². The Labute approximate surface area is 133 Å². The van der Waals surface area contributed by atoms with Crippen LogP contribution >= 0.6 is 15.9 Å². The molecule has 0 radical (unpaired) electrons. The lowest BCUT2D eigenvalue weighted by Crippen LogP contribution is -2.55. The summed E-state index contributed by atoms with van der Waals surface area (Å²) in [6, 6.07) is 4.99. The number of hydrogen-bond donors (Lipinski definition) is 1. The Morgan fingerprint density at radius 1 is 1.29 bits per heavy atom. The maximum absolute atomic E-state index is 12.7. The Morgan fingerprint density at radius 2 is 1.86 bits per heavy atom. The molecule has 116 valence electrons. The third-order valence-electron chi connectivity index (χ3n) is 3.44. The molecule has 1 fully saturated rings. The van der Waals surface area contributed by atoms with Crippen LogP contribution in [0.3, 0.4) is 0 Å². The topological polar surface area (TPSA) is 66.5 Å². The molecule has 2 rings (SSSR count). The number of nitrogens with one attached hydrogen (secondary N) is 1. The van der Waals surface area contributed by atoms with Crippen LogP contribution in [0, 0.1) is 0 Å². The average Bonchev–Trinajstić information content (AvgIpc) is 2.36. The van der Waals surface area contributed by atoms with Crippen molar-refractivity contribution in [1.82, 2.24) is 10.2 Å². The van der Waals surface area contributed by atoms with Gasteiger partial charge in [0.2, 0.25) is 0 Å². The zero-order valence-electron chi connectivity index (χ0n) is 12.3. The van der Waals surface area contributed by atoms with E-state index in [9.17, 15) is 13.2 Å². The van der Waals surface area contributed by atoms with Crippen LogP contribution in [0.4, 0.5) is 0 Å². The third-order valence-corrected chi connectivity index (χ3v) is 5.24. The van der Waals surface area contributed by atoms with Crippen LogP contribution < -0.4 is 5.32 Å². The number of rotatable bonds is 2. The monoisotopic (exact) mass is 374 g/mol. The number of benzene rings is 1. The van der Waals surface area contributed by atoms with E-state index in [1.807, 2.05) is 13.8 Å². The van der Waals surface area contributed by atoms with E-state index in [-0.39, 0.29) is 22.9 Å². The Hall–Kier alpha value is -0.920. The zero-order chi connectivity index (χ0) is 15.8. The minimum atomic E-state index is -3.33. The van der Waals surface area contributed by atoms with Crippen molar-refractivity contribution in [3.63, 3.8) is 0 Å². The predicted octanol–water partition coefficient (Wildman–Crippen LogP) is 1.68. The summed E-state index contributed by atoms with van der Waals surface area (Å²) in [5, 5.41) is 3.36. The van der Waals surface area contributed by atoms with Crippen molar-refractivity contribution in [2.45, 2.75) is 30.8 Å². The third kappa shape index (κ3) is 3.84. The molecule has 1 aromatic carbocycles. The fourth-order valence-electron chi connectivity index (χ4n) is 2.56. The van der Waals surface area contributed by atoms with Gasteiger partial charge in [0.1, 0.15) is 0 Å². The highest BCUT2D eigenvalue weighted by Crippen LogP contribution is 2.23. The fraction of sp³-hybridized carbons (Fsp3) is 0.500. The summed E-state index contributed by atoms with van der Waals surface area (Å²) in [4.78, 5) is 14.6. The van der Waals surface area contributed by atoms with Gasteiger partial charge in [-0.1, -0.05) is 0 Å². The van der Waals surface area contributed by atoms with E-state index in [1.54, 1.807) is 11.0 Å². The van der Waals surface area contributed by atoms with E-state index >= 15 is 0 Å². The largest absolute Gasteiger partial charge is 0.336 e. The second-order valence-electron chi connectivity index (χ2n) is 5.59. The first kappa shape index (κ1) is 16.5. The molecule has 1 saturated heterocycles. The van der Waals surface area contributed by atoms with Crippen LogP contribution in [0.25, 0.3) is 0 Å². The van der Waals surface area contributed by atoms with Gasteiger partial charge >= 0.3 is 0 Å². The summed E-state index contributed by atoms with van der Waals surface area (Å²) < 4.78 is 23.9. The van der Waals surface area contributed by atoms with E-state index in [2.05, 4.69) is 21.2 Å². The molecule has 5 nitrogen and oxygen atoms in total. The Bertz CT molecular complexity index is 650. The molecular weight excluding hydrogens is 356 g/mol. The van der Waals surface area contributed by atoms with Gasteiger partial charge in [0.25, 0.3) is 5.91 Å². The van der Waals surface area contributed by atoms with Crippen molar-refractivity contribution < 1.29 is 13.2 Å². The normalized spacial score (nSPS) is 23.1. The van der Waals surface area contributed by atoms with Crippen molar-refractivity contribution >= 4 is 31.7 Å². The van der Waals surface area contributed by atoms with Gasteiger partial charge in [-0.3, -0.25) is 4.79 Å². The number of amides is 1. The molecule has 0 unspecified atom stereocenters. The molecule has 0 spiro atoms. The molecule has 0 aliphatic carbocycles. The van der Waals surface area contributed by atoms with E-state index < -0.39 is 9.84 Å². The molecule has 1 N–H and O–H groups in total. The number of carbonyl (C=O) groups excluding carboxylic acids is 1. The van der Waals surface area contributed by atoms with E-state index in [1.165, 1.54) is 12.1 Å². The first-order valence-electron chi connectivity index (χ1n) is 6.73. The van der Waals surface area contributed by atoms with Gasteiger partial charge in [-0.15, -0.1) is 0 Å². The number of halogens is 1. The smallest absolute Gasteiger partial charge is 0.255 e. The van der Waals surface area contributed by atoms with Crippen molar-refractivity contribution in [3.05, 3.63) is 28.2 Å². The van der Waals surface area contributed by atoms with Gasteiger partial charge < -0.3 is 10.2 Å². The van der Waals surface area contributed by atoms with Gasteiger partial charge in [-0.2, -0.15) is 0 Å². The Kier molecular flexibility index (Phi) is 4.75. The molecule has 0 bridgehead atoms. The van der Waals surface area contributed by atoms with Gasteiger partial charge in [-0.25, -0.2) is 8.42 Å². The minimum absolute atomic E-state index is 0.146. The summed E-state index contributed by atoms with van der Waals surface area (Å²) in [5.74, 6) is -0.146. The van der Waals surface area contributed by atoms with Crippen LogP contribution in [-0.4, -0.2) is 50.7 Å². The quantitative estimate of drug-likeness (QED) is 0.854. The highest BCUT2D eigenvalue weighted by Gasteiger charge is 2.27. The first-order valence-corrected chi connectivity index (χ1v) is 9.42. The summed E-state index contributed by atoms with van der Waals surface area (Å²) in [6.07, 6.45) is 1.14. The number of carbonyl (C=O) groups is 1. The molecule has 1 amide bonds. The van der Waals surface area contributed by atoms with Crippen LogP contribution in [0.1, 0.15) is 24.2 Å². The molecule has 1 aliphatic rings. The molecule has 1 heterocycles. The maximum Gasteiger partial charge on any atom is 0.255 e. The molecule has 0 saturated carbocycles. The SMILES string of the molecule is C[C@@H]1CN(C(=O)c2cc(S(C)(=O)=O)ccc2Br)C[C@@H](C)N1. The molecule has 2 atom stereocenters. The van der Waals surface area contributed by atoms with Crippen LogP contribution in [-0.2, 0) is 9.84 Å².